The van der Waals surface area contributed by atoms with Crippen molar-refractivity contribution in [2.45, 2.75) is 34.3 Å². The van der Waals surface area contributed by atoms with E-state index in [9.17, 15) is 0 Å². The molecule has 0 fully saturated rings. The lowest BCUT2D eigenvalue weighted by molar-refractivity contribution is 0.304. The Kier molecular flexibility index (Phi) is 4.81. The molecule has 6 aromatic rings. The fraction of sp³-hybridized carbons (Fsp3) is 0.185. The predicted molar refractivity (Wildman–Crippen MR) is 137 cm³/mol. The van der Waals surface area contributed by atoms with Crippen LogP contribution >= 0.6 is 11.3 Å². The van der Waals surface area contributed by atoms with Gasteiger partial charge in [-0.2, -0.15) is 0 Å². The second-order valence-corrected chi connectivity index (χ2v) is 9.75. The van der Waals surface area contributed by atoms with Crippen molar-refractivity contribution in [3.8, 4) is 17.1 Å². The first-order valence-electron chi connectivity index (χ1n) is 11.2. The van der Waals surface area contributed by atoms with Crippen molar-refractivity contribution in [3.05, 3.63) is 82.8 Å². The first-order valence-corrected chi connectivity index (χ1v) is 12.0. The fourth-order valence-electron chi connectivity index (χ4n) is 4.32. The number of benzene rings is 2. The van der Waals surface area contributed by atoms with Gasteiger partial charge in [-0.1, -0.05) is 30.3 Å². The molecule has 0 spiro atoms. The Balaban J connectivity index is 1.38. The van der Waals surface area contributed by atoms with Crippen molar-refractivity contribution in [1.82, 2.24) is 24.6 Å². The summed E-state index contributed by atoms with van der Waals surface area (Å²) in [6.07, 6.45) is 1.74. The minimum absolute atomic E-state index is 0.484. The topological polar surface area (TPSA) is 65.2 Å². The van der Waals surface area contributed by atoms with Crippen LogP contribution in [-0.4, -0.2) is 24.6 Å². The van der Waals surface area contributed by atoms with E-state index in [0.29, 0.717) is 12.4 Å². The standard InChI is InChI=1S/C27H23N5OS/c1-15-8-9-16(2)21(10-15)33-13-19-6-5-7-20(12-19)25-30-26-24-23(28-14-32(26)31-25)22-17(3)11-18(4)29-27(22)34-24/h5-12,14H,13H2,1-4H3. The van der Waals surface area contributed by atoms with E-state index in [1.165, 1.54) is 11.1 Å². The van der Waals surface area contributed by atoms with Gasteiger partial charge in [-0.05, 0) is 68.1 Å². The third kappa shape index (κ3) is 3.49. The number of hydrogen-bond donors (Lipinski definition) is 0. The molecule has 4 heterocycles. The highest BCUT2D eigenvalue weighted by molar-refractivity contribution is 7.26. The zero-order chi connectivity index (χ0) is 23.4. The normalized spacial score (nSPS) is 11.6. The van der Waals surface area contributed by atoms with Crippen molar-refractivity contribution < 1.29 is 4.74 Å². The van der Waals surface area contributed by atoms with Gasteiger partial charge in [0.2, 0.25) is 0 Å². The van der Waals surface area contributed by atoms with E-state index in [-0.39, 0.29) is 0 Å². The van der Waals surface area contributed by atoms with Crippen LogP contribution in [0.3, 0.4) is 0 Å². The summed E-state index contributed by atoms with van der Waals surface area (Å²) >= 11 is 1.62. The molecule has 6 rings (SSSR count). The van der Waals surface area contributed by atoms with E-state index in [1.54, 1.807) is 22.2 Å². The number of hydrogen-bond acceptors (Lipinski definition) is 6. The summed E-state index contributed by atoms with van der Waals surface area (Å²) in [6, 6.07) is 16.6. The summed E-state index contributed by atoms with van der Waals surface area (Å²) in [4.78, 5) is 15.3. The van der Waals surface area contributed by atoms with Crippen LogP contribution in [0.15, 0.2) is 54.9 Å². The van der Waals surface area contributed by atoms with Crippen LogP contribution in [0.1, 0.15) is 27.9 Å². The molecule has 0 unspecified atom stereocenters. The average molecular weight is 466 g/mol. The molecule has 0 aliphatic rings. The first-order chi connectivity index (χ1) is 16.5. The van der Waals surface area contributed by atoms with Crippen LogP contribution in [0.25, 0.3) is 37.5 Å². The van der Waals surface area contributed by atoms with Crippen LogP contribution in [-0.2, 0) is 6.61 Å². The molecule has 0 bridgehead atoms. The molecule has 0 saturated carbocycles. The predicted octanol–water partition coefficient (Wildman–Crippen LogP) is 6.37. The van der Waals surface area contributed by atoms with E-state index < -0.39 is 0 Å². The zero-order valence-electron chi connectivity index (χ0n) is 19.5. The summed E-state index contributed by atoms with van der Waals surface area (Å²) in [7, 11) is 0. The summed E-state index contributed by atoms with van der Waals surface area (Å²) in [5, 5.41) is 5.82. The van der Waals surface area contributed by atoms with Crippen molar-refractivity contribution in [3.63, 3.8) is 0 Å². The highest BCUT2D eigenvalue weighted by atomic mass is 32.1. The van der Waals surface area contributed by atoms with E-state index in [2.05, 4.69) is 57.2 Å². The van der Waals surface area contributed by atoms with E-state index in [0.717, 1.165) is 54.2 Å². The number of ether oxygens (including phenoxy) is 1. The third-order valence-corrected chi connectivity index (χ3v) is 7.08. The second-order valence-electron chi connectivity index (χ2n) is 8.75. The minimum Gasteiger partial charge on any atom is -0.489 e. The number of pyridine rings is 1. The maximum atomic E-state index is 6.10. The molecule has 7 heteroatoms. The number of aryl methyl sites for hydroxylation is 4. The van der Waals surface area contributed by atoms with E-state index in [4.69, 9.17) is 24.8 Å². The van der Waals surface area contributed by atoms with Gasteiger partial charge >= 0.3 is 0 Å². The summed E-state index contributed by atoms with van der Waals surface area (Å²) in [5.41, 5.74) is 8.26. The van der Waals surface area contributed by atoms with Crippen molar-refractivity contribution in [1.29, 1.82) is 0 Å². The van der Waals surface area contributed by atoms with Gasteiger partial charge in [0.1, 0.15) is 28.2 Å². The molecule has 0 aliphatic carbocycles. The maximum absolute atomic E-state index is 6.10. The smallest absolute Gasteiger partial charge is 0.182 e. The molecule has 2 aromatic carbocycles. The number of rotatable bonds is 4. The molecule has 0 atom stereocenters. The van der Waals surface area contributed by atoms with E-state index >= 15 is 0 Å². The summed E-state index contributed by atoms with van der Waals surface area (Å²) in [6.45, 7) is 8.75. The minimum atomic E-state index is 0.484. The molecular formula is C27H23N5OS. The van der Waals surface area contributed by atoms with E-state index in [1.807, 2.05) is 19.1 Å². The lowest BCUT2D eigenvalue weighted by Crippen LogP contribution is -1.98. The average Bonchev–Trinajstić information content (AvgIpc) is 3.41. The lowest BCUT2D eigenvalue weighted by atomic mass is 10.1. The zero-order valence-corrected chi connectivity index (χ0v) is 20.3. The Morgan fingerprint density at radius 1 is 0.941 bits per heavy atom. The fourth-order valence-corrected chi connectivity index (χ4v) is 5.54. The van der Waals surface area contributed by atoms with Gasteiger partial charge in [0.05, 0.1) is 5.52 Å². The lowest BCUT2D eigenvalue weighted by Gasteiger charge is -2.10. The quantitative estimate of drug-likeness (QED) is 0.303. The van der Waals surface area contributed by atoms with Gasteiger partial charge in [0.15, 0.2) is 11.5 Å². The Hall–Kier alpha value is -3.84. The molecule has 4 aromatic heterocycles. The van der Waals surface area contributed by atoms with Gasteiger partial charge in [0, 0.05) is 16.6 Å². The third-order valence-electron chi connectivity index (χ3n) is 6.02. The number of nitrogens with zero attached hydrogens (tertiary/aromatic N) is 5. The van der Waals surface area contributed by atoms with Gasteiger partial charge in [0.25, 0.3) is 0 Å². The molecule has 0 saturated heterocycles. The molecule has 0 amide bonds. The highest BCUT2D eigenvalue weighted by Gasteiger charge is 2.17. The molecular weight excluding hydrogens is 442 g/mol. The van der Waals surface area contributed by atoms with Crippen molar-refractivity contribution in [2.24, 2.45) is 0 Å². The van der Waals surface area contributed by atoms with Crippen molar-refractivity contribution >= 4 is 37.4 Å². The monoisotopic (exact) mass is 465 g/mol. The highest BCUT2D eigenvalue weighted by Crippen LogP contribution is 2.36. The Morgan fingerprint density at radius 2 is 1.82 bits per heavy atom. The molecule has 168 valence electrons. The number of aromatic nitrogens is 5. The van der Waals surface area contributed by atoms with Gasteiger partial charge in [-0.25, -0.2) is 19.5 Å². The summed E-state index contributed by atoms with van der Waals surface area (Å²) < 4.78 is 8.87. The molecule has 34 heavy (non-hydrogen) atoms. The SMILES string of the molecule is Cc1ccc(C)c(OCc2cccc(-c3nc4c5sc6nc(C)cc(C)c6c5ncn4n3)c2)c1. The molecule has 6 nitrogen and oxygen atoms in total. The molecule has 0 aliphatic heterocycles. The first kappa shape index (κ1) is 20.7. The Labute approximate surface area is 200 Å². The Morgan fingerprint density at radius 3 is 2.71 bits per heavy atom. The summed E-state index contributed by atoms with van der Waals surface area (Å²) in [5.74, 6) is 1.58. The maximum Gasteiger partial charge on any atom is 0.182 e. The van der Waals surface area contributed by atoms with Crippen LogP contribution in [0.5, 0.6) is 5.75 Å². The van der Waals surface area contributed by atoms with Crippen LogP contribution in [0.4, 0.5) is 0 Å². The van der Waals surface area contributed by atoms with Crippen molar-refractivity contribution in [2.75, 3.05) is 0 Å². The number of fused-ring (bicyclic) bond motifs is 5. The molecule has 0 radical (unpaired) electrons. The van der Waals surface area contributed by atoms with Gasteiger partial charge < -0.3 is 4.74 Å². The molecule has 0 N–H and O–H groups in total. The largest absolute Gasteiger partial charge is 0.489 e. The van der Waals surface area contributed by atoms with Crippen LogP contribution in [0, 0.1) is 27.7 Å². The van der Waals surface area contributed by atoms with Gasteiger partial charge in [-0.3, -0.25) is 0 Å². The number of thiophene rings is 1. The van der Waals surface area contributed by atoms with Crippen LogP contribution < -0.4 is 4.74 Å². The second kappa shape index (κ2) is 7.88. The van der Waals surface area contributed by atoms with Crippen LogP contribution in [0.2, 0.25) is 0 Å². The van der Waals surface area contributed by atoms with Gasteiger partial charge in [-0.15, -0.1) is 16.4 Å². The Bertz CT molecular complexity index is 1720.